The molecule has 4 rings (SSSR count). The number of nitrogens with one attached hydrogen (secondary N) is 1. The van der Waals surface area contributed by atoms with E-state index in [2.05, 4.69) is 20.4 Å². The molecule has 1 N–H and O–H groups in total. The largest absolute Gasteiger partial charge is 0.467 e. The summed E-state index contributed by atoms with van der Waals surface area (Å²) in [6.07, 6.45) is 5.08. The molecule has 0 aliphatic carbocycles. The van der Waals surface area contributed by atoms with Gasteiger partial charge >= 0.3 is 0 Å². The van der Waals surface area contributed by atoms with Crippen molar-refractivity contribution in [1.82, 2.24) is 14.8 Å². The Hall–Kier alpha value is -3.34. The highest BCUT2D eigenvalue weighted by Crippen LogP contribution is 2.26. The van der Waals surface area contributed by atoms with Gasteiger partial charge in [0.15, 0.2) is 5.16 Å². The number of nitro benzene ring substituents is 1. The Balaban J connectivity index is 1.43. The standard InChI is InChI=1S/C20H22N6O4S/c27-18(21-15-6-8-16(9-7-15)26(28)29)14-31-20-23-22-19(24-10-2-1-3-11-24)25(20)13-17-5-4-12-30-17/h4-9,12H,1-3,10-11,13-14H2,(H,21,27). The molecular formula is C20H22N6O4S. The first-order valence-electron chi connectivity index (χ1n) is 9.98. The average molecular weight is 443 g/mol. The number of rotatable bonds is 8. The molecule has 0 saturated carbocycles. The van der Waals surface area contributed by atoms with E-state index in [-0.39, 0.29) is 17.3 Å². The highest BCUT2D eigenvalue weighted by molar-refractivity contribution is 7.99. The van der Waals surface area contributed by atoms with Gasteiger partial charge in [-0.1, -0.05) is 11.8 Å². The van der Waals surface area contributed by atoms with E-state index in [0.717, 1.165) is 37.6 Å². The molecular weight excluding hydrogens is 420 g/mol. The van der Waals surface area contributed by atoms with Crippen molar-refractivity contribution in [3.63, 3.8) is 0 Å². The van der Waals surface area contributed by atoms with Gasteiger partial charge in [-0.2, -0.15) is 0 Å². The molecule has 2 aromatic heterocycles. The van der Waals surface area contributed by atoms with Gasteiger partial charge in [0.25, 0.3) is 5.69 Å². The van der Waals surface area contributed by atoms with Crippen LogP contribution in [0.15, 0.2) is 52.2 Å². The van der Waals surface area contributed by atoms with E-state index in [1.807, 2.05) is 16.7 Å². The number of hydrogen-bond acceptors (Lipinski definition) is 8. The fourth-order valence-corrected chi connectivity index (χ4v) is 4.14. The monoisotopic (exact) mass is 442 g/mol. The number of nitrogens with zero attached hydrogens (tertiary/aromatic N) is 5. The van der Waals surface area contributed by atoms with Crippen molar-refractivity contribution >= 4 is 35.0 Å². The minimum Gasteiger partial charge on any atom is -0.467 e. The smallest absolute Gasteiger partial charge is 0.269 e. The van der Waals surface area contributed by atoms with Gasteiger partial charge in [-0.25, -0.2) is 0 Å². The molecule has 1 fully saturated rings. The maximum absolute atomic E-state index is 12.4. The number of hydrogen-bond donors (Lipinski definition) is 1. The van der Waals surface area contributed by atoms with Crippen molar-refractivity contribution in [3.8, 4) is 0 Å². The Bertz CT molecular complexity index is 1030. The van der Waals surface area contributed by atoms with Crippen LogP contribution in [0.4, 0.5) is 17.3 Å². The van der Waals surface area contributed by atoms with Crippen molar-refractivity contribution in [2.24, 2.45) is 0 Å². The molecule has 1 saturated heterocycles. The highest BCUT2D eigenvalue weighted by atomic mass is 32.2. The number of amides is 1. The number of furan rings is 1. The lowest BCUT2D eigenvalue weighted by Gasteiger charge is -2.27. The SMILES string of the molecule is O=C(CSc1nnc(N2CCCCC2)n1Cc1ccco1)Nc1ccc([N+](=O)[O-])cc1. The van der Waals surface area contributed by atoms with Crippen molar-refractivity contribution in [1.29, 1.82) is 0 Å². The molecule has 162 valence electrons. The average Bonchev–Trinajstić information content (AvgIpc) is 3.44. The zero-order chi connectivity index (χ0) is 21.6. The molecule has 11 heteroatoms. The van der Waals surface area contributed by atoms with E-state index < -0.39 is 4.92 Å². The summed E-state index contributed by atoms with van der Waals surface area (Å²) in [7, 11) is 0. The minimum absolute atomic E-state index is 0.0244. The van der Waals surface area contributed by atoms with Crippen LogP contribution in [0, 0.1) is 10.1 Å². The van der Waals surface area contributed by atoms with Gasteiger partial charge in [-0.15, -0.1) is 10.2 Å². The van der Waals surface area contributed by atoms with Crippen LogP contribution in [0.1, 0.15) is 25.0 Å². The maximum Gasteiger partial charge on any atom is 0.269 e. The summed E-state index contributed by atoms with van der Waals surface area (Å²) in [6.45, 7) is 2.35. The number of piperidine rings is 1. The molecule has 1 aliphatic rings. The minimum atomic E-state index is -0.479. The highest BCUT2D eigenvalue weighted by Gasteiger charge is 2.21. The predicted molar refractivity (Wildman–Crippen MR) is 116 cm³/mol. The van der Waals surface area contributed by atoms with E-state index in [0.29, 0.717) is 17.4 Å². The summed E-state index contributed by atoms with van der Waals surface area (Å²) in [6, 6.07) is 9.46. The zero-order valence-corrected chi connectivity index (χ0v) is 17.6. The first-order chi connectivity index (χ1) is 15.1. The second-order valence-electron chi connectivity index (χ2n) is 7.14. The first-order valence-corrected chi connectivity index (χ1v) is 11.0. The van der Waals surface area contributed by atoms with Gasteiger partial charge in [0.1, 0.15) is 5.76 Å². The summed E-state index contributed by atoms with van der Waals surface area (Å²) in [5, 5.41) is 22.8. The number of non-ortho nitro benzene ring substituents is 1. The molecule has 3 heterocycles. The molecule has 0 bridgehead atoms. The van der Waals surface area contributed by atoms with Gasteiger partial charge in [0.2, 0.25) is 11.9 Å². The van der Waals surface area contributed by atoms with E-state index in [1.165, 1.54) is 42.4 Å². The molecule has 0 unspecified atom stereocenters. The van der Waals surface area contributed by atoms with Crippen LogP contribution in [-0.2, 0) is 11.3 Å². The number of carbonyl (C=O) groups excluding carboxylic acids is 1. The number of nitro groups is 1. The molecule has 1 amide bonds. The molecule has 1 aliphatic heterocycles. The maximum atomic E-state index is 12.4. The number of aromatic nitrogens is 3. The zero-order valence-electron chi connectivity index (χ0n) is 16.8. The molecule has 0 spiro atoms. The van der Waals surface area contributed by atoms with E-state index in [4.69, 9.17) is 4.42 Å². The quantitative estimate of drug-likeness (QED) is 0.320. The summed E-state index contributed by atoms with van der Waals surface area (Å²) >= 11 is 1.29. The summed E-state index contributed by atoms with van der Waals surface area (Å²) in [5.41, 5.74) is 0.478. The van der Waals surface area contributed by atoms with Crippen LogP contribution in [0.2, 0.25) is 0 Å². The topological polar surface area (TPSA) is 119 Å². The van der Waals surface area contributed by atoms with Crippen LogP contribution in [0.5, 0.6) is 0 Å². The van der Waals surface area contributed by atoms with Gasteiger partial charge in [-0.3, -0.25) is 19.5 Å². The molecule has 0 radical (unpaired) electrons. The van der Waals surface area contributed by atoms with Crippen LogP contribution in [0.3, 0.4) is 0 Å². The third kappa shape index (κ3) is 5.23. The van der Waals surface area contributed by atoms with Gasteiger partial charge in [-0.05, 0) is 43.5 Å². The second-order valence-corrected chi connectivity index (χ2v) is 8.08. The molecule has 31 heavy (non-hydrogen) atoms. The summed E-state index contributed by atoms with van der Waals surface area (Å²) < 4.78 is 7.48. The number of thioether (sulfide) groups is 1. The summed E-state index contributed by atoms with van der Waals surface area (Å²) in [4.78, 5) is 24.9. The van der Waals surface area contributed by atoms with Crippen molar-refractivity contribution in [3.05, 3.63) is 58.5 Å². The number of carbonyl (C=O) groups is 1. The molecule has 1 aromatic carbocycles. The number of anilines is 2. The lowest BCUT2D eigenvalue weighted by molar-refractivity contribution is -0.384. The Labute approximate surface area is 182 Å². The lowest BCUT2D eigenvalue weighted by Crippen LogP contribution is -2.32. The van der Waals surface area contributed by atoms with Crippen LogP contribution >= 0.6 is 11.8 Å². The van der Waals surface area contributed by atoms with Crippen molar-refractivity contribution < 1.29 is 14.1 Å². The van der Waals surface area contributed by atoms with Crippen molar-refractivity contribution in [2.45, 2.75) is 31.0 Å². The van der Waals surface area contributed by atoms with E-state index in [1.54, 1.807) is 6.26 Å². The molecule has 10 nitrogen and oxygen atoms in total. The van der Waals surface area contributed by atoms with Gasteiger partial charge in [0, 0.05) is 30.9 Å². The summed E-state index contributed by atoms with van der Waals surface area (Å²) in [5.74, 6) is 1.48. The normalized spacial score (nSPS) is 13.9. The Morgan fingerprint density at radius 2 is 1.94 bits per heavy atom. The van der Waals surface area contributed by atoms with Gasteiger partial charge < -0.3 is 14.6 Å². The fraction of sp³-hybridized carbons (Fsp3) is 0.350. The fourth-order valence-electron chi connectivity index (χ4n) is 3.41. The van der Waals surface area contributed by atoms with E-state index in [9.17, 15) is 14.9 Å². The Morgan fingerprint density at radius 1 is 1.16 bits per heavy atom. The third-order valence-corrected chi connectivity index (χ3v) is 5.89. The number of benzene rings is 1. The predicted octanol–water partition coefficient (Wildman–Crippen LogP) is 3.55. The Kier molecular flexibility index (Phi) is 6.51. The first kappa shape index (κ1) is 20.9. The third-order valence-electron chi connectivity index (χ3n) is 4.92. The lowest BCUT2D eigenvalue weighted by atomic mass is 10.1. The van der Waals surface area contributed by atoms with E-state index >= 15 is 0 Å². The molecule has 3 aromatic rings. The van der Waals surface area contributed by atoms with Crippen molar-refractivity contribution in [2.75, 3.05) is 29.1 Å². The van der Waals surface area contributed by atoms with Crippen LogP contribution in [-0.4, -0.2) is 44.4 Å². The second kappa shape index (κ2) is 9.65. The van der Waals surface area contributed by atoms with Crippen LogP contribution in [0.25, 0.3) is 0 Å². The Morgan fingerprint density at radius 3 is 2.61 bits per heavy atom. The van der Waals surface area contributed by atoms with Gasteiger partial charge in [0.05, 0.1) is 23.5 Å². The molecule has 0 atom stereocenters. The van der Waals surface area contributed by atoms with Crippen LogP contribution < -0.4 is 10.2 Å².